The van der Waals surface area contributed by atoms with Crippen molar-refractivity contribution in [2.75, 3.05) is 0 Å². The van der Waals surface area contributed by atoms with Crippen LogP contribution in [0.3, 0.4) is 0 Å². The van der Waals surface area contributed by atoms with E-state index < -0.39 is 30.0 Å². The second kappa shape index (κ2) is 10.9. The van der Waals surface area contributed by atoms with E-state index in [9.17, 15) is 13.2 Å². The van der Waals surface area contributed by atoms with Crippen LogP contribution in [0.1, 0.15) is 73.0 Å². The molecule has 0 bridgehead atoms. The van der Waals surface area contributed by atoms with E-state index in [0.717, 1.165) is 28.4 Å². The van der Waals surface area contributed by atoms with Crippen LogP contribution in [0.2, 0.25) is 3.63 Å². The van der Waals surface area contributed by atoms with E-state index in [4.69, 9.17) is 4.21 Å². The molecule has 2 aliphatic rings. The van der Waals surface area contributed by atoms with Crippen molar-refractivity contribution in [1.29, 1.82) is 0 Å². The van der Waals surface area contributed by atoms with Crippen molar-refractivity contribution in [3.8, 4) is 11.1 Å². The fourth-order valence-electron chi connectivity index (χ4n) is 8.62. The van der Waals surface area contributed by atoms with Crippen LogP contribution in [-0.4, -0.2) is 4.21 Å². The first kappa shape index (κ1) is 32.9. The molecule has 7 rings (SSSR count). The number of alkyl halides is 3. The Morgan fingerprint density at radius 2 is 1.12 bits per heavy atom. The molecule has 2 aliphatic carbocycles. The summed E-state index contributed by atoms with van der Waals surface area (Å²) in [6, 6.07) is 34.6. The zero-order valence-electron chi connectivity index (χ0n) is 28.6. The van der Waals surface area contributed by atoms with E-state index in [2.05, 4.69) is 133 Å². The first-order valence-electron chi connectivity index (χ1n) is 16.9. The standard InChI is InChI=1S/C21H25.C10H7.C7H4F3.C5H5.CH2.Zr/c1-20(2,3)16-7-9-18-14(12-16)11-15-13-17(21(4,5)6)8-10-19(15)18;1-2-6-10-8-4-3-7-9(10)5-1;8-7(9,10)6-4-2-1-3-5-6;1-2-4-5-3-1;;/h7-13H,1-6H3;1-7H;1-2,4-5H;1-5H;1H2;. The van der Waals surface area contributed by atoms with Crippen LogP contribution >= 0.6 is 0 Å². The SMILES string of the molecule is [CH2]=[Zr]([c]1cccc(C(F)(F)F)c1)([c]1cccc2ccccc12)([CH]1C=CC=C1)[CH]1c2cc(C(C)(C)C)ccc2-c2ccc(C(C)(C)C)cc21. The van der Waals surface area contributed by atoms with E-state index in [1.807, 2.05) is 18.2 Å². The fraction of sp³-hybridized carbons (Fsp3) is 0.250. The van der Waals surface area contributed by atoms with Crippen molar-refractivity contribution < 1.29 is 31.5 Å². The van der Waals surface area contributed by atoms with E-state index in [1.54, 1.807) is 6.07 Å². The van der Waals surface area contributed by atoms with E-state index in [-0.39, 0.29) is 18.1 Å². The van der Waals surface area contributed by atoms with Crippen molar-refractivity contribution in [2.24, 2.45) is 0 Å². The Bertz CT molecular complexity index is 2140. The van der Waals surface area contributed by atoms with Crippen molar-refractivity contribution in [3.63, 3.8) is 0 Å². The van der Waals surface area contributed by atoms with Crippen LogP contribution in [0.5, 0.6) is 0 Å². The quantitative estimate of drug-likeness (QED) is 0.173. The predicted octanol–water partition coefficient (Wildman–Crippen LogP) is 11.2. The maximum atomic E-state index is 14.7. The molecule has 0 fully saturated rings. The summed E-state index contributed by atoms with van der Waals surface area (Å²) in [6.45, 7) is 13.3. The van der Waals surface area contributed by atoms with Crippen LogP contribution in [-0.2, 0) is 35.3 Å². The van der Waals surface area contributed by atoms with E-state index >= 15 is 0 Å². The average molecular weight is 720 g/mol. The normalized spacial score (nSPS) is 15.7. The zero-order chi connectivity index (χ0) is 34.3. The first-order valence-corrected chi connectivity index (χ1v) is 23.9. The third kappa shape index (κ3) is 4.85. The van der Waals surface area contributed by atoms with Gasteiger partial charge in [-0.3, -0.25) is 0 Å². The second-order valence-electron chi connectivity index (χ2n) is 16.1. The number of hydrogen-bond donors (Lipinski definition) is 0. The number of allylic oxidation sites excluding steroid dienone is 4. The molecule has 0 saturated carbocycles. The summed E-state index contributed by atoms with van der Waals surface area (Å²) < 4.78 is 51.2. The summed E-state index contributed by atoms with van der Waals surface area (Å²) in [7, 11) is 0. The summed E-state index contributed by atoms with van der Waals surface area (Å²) in [5, 5.41) is 2.14. The van der Waals surface area contributed by atoms with Crippen LogP contribution in [0, 0.1) is 0 Å². The van der Waals surface area contributed by atoms with Gasteiger partial charge < -0.3 is 0 Å². The monoisotopic (exact) mass is 718 g/mol. The van der Waals surface area contributed by atoms with Crippen LogP contribution < -0.4 is 6.54 Å². The van der Waals surface area contributed by atoms with Crippen molar-refractivity contribution >= 4 is 21.5 Å². The minimum absolute atomic E-state index is 0.125. The number of fused-ring (bicyclic) bond motifs is 4. The number of halogens is 3. The van der Waals surface area contributed by atoms with Gasteiger partial charge in [-0.05, 0) is 0 Å². The van der Waals surface area contributed by atoms with Gasteiger partial charge in [0.15, 0.2) is 0 Å². The van der Waals surface area contributed by atoms with E-state index in [0.29, 0.717) is 0 Å². The number of benzene rings is 5. The maximum absolute atomic E-state index is 14.7. The third-order valence-electron chi connectivity index (χ3n) is 11.2. The van der Waals surface area contributed by atoms with Gasteiger partial charge in [0.05, 0.1) is 0 Å². The topological polar surface area (TPSA) is 0 Å². The van der Waals surface area contributed by atoms with Gasteiger partial charge in [0.25, 0.3) is 0 Å². The minimum atomic E-state index is -5.53. The van der Waals surface area contributed by atoms with Gasteiger partial charge in [0, 0.05) is 0 Å². The van der Waals surface area contributed by atoms with Gasteiger partial charge in [0.1, 0.15) is 0 Å². The van der Waals surface area contributed by atoms with E-state index in [1.165, 1.54) is 34.4 Å². The molecular formula is C44H43F3Zr. The Balaban J connectivity index is 1.75. The summed E-state index contributed by atoms with van der Waals surface area (Å²) >= 11 is -5.53. The van der Waals surface area contributed by atoms with Crippen LogP contribution in [0.4, 0.5) is 13.2 Å². The molecule has 0 heterocycles. The molecule has 0 aromatic heterocycles. The second-order valence-corrected chi connectivity index (χ2v) is 29.9. The molecule has 0 atom stereocenters. The third-order valence-corrected chi connectivity index (χ3v) is 29.0. The Morgan fingerprint density at radius 3 is 1.69 bits per heavy atom. The molecule has 5 aromatic rings. The number of hydrogen-bond acceptors (Lipinski definition) is 0. The van der Waals surface area contributed by atoms with Gasteiger partial charge >= 0.3 is 285 Å². The molecule has 0 saturated heterocycles. The summed E-state index contributed by atoms with van der Waals surface area (Å²) in [4.78, 5) is 0. The number of rotatable bonds is 4. The molecule has 0 spiro atoms. The van der Waals surface area contributed by atoms with Gasteiger partial charge in [-0.15, -0.1) is 0 Å². The summed E-state index contributed by atoms with van der Waals surface area (Å²) in [5.41, 5.74) is 6.22. The molecular weight excluding hydrogens is 677 g/mol. The van der Waals surface area contributed by atoms with Crippen molar-refractivity contribution in [3.05, 3.63) is 155 Å². The Hall–Kier alpha value is -3.62. The molecule has 5 aromatic carbocycles. The summed E-state index contributed by atoms with van der Waals surface area (Å²) in [5.74, 6) is 0. The average Bonchev–Trinajstić information content (AvgIpc) is 3.71. The molecule has 244 valence electrons. The van der Waals surface area contributed by atoms with Crippen LogP contribution in [0.15, 0.2) is 127 Å². The first-order chi connectivity index (χ1) is 22.5. The summed E-state index contributed by atoms with van der Waals surface area (Å²) in [6.07, 6.45) is 4.08. The molecule has 4 heteroatoms. The Labute approximate surface area is 283 Å². The van der Waals surface area contributed by atoms with Gasteiger partial charge in [-0.1, -0.05) is 0 Å². The molecule has 0 unspecified atom stereocenters. The van der Waals surface area contributed by atoms with Crippen molar-refractivity contribution in [2.45, 2.75) is 65.8 Å². The molecule has 0 radical (unpaired) electrons. The van der Waals surface area contributed by atoms with Crippen LogP contribution in [0.25, 0.3) is 21.9 Å². The molecule has 48 heavy (non-hydrogen) atoms. The van der Waals surface area contributed by atoms with Gasteiger partial charge in [-0.25, -0.2) is 0 Å². The van der Waals surface area contributed by atoms with Gasteiger partial charge in [0.2, 0.25) is 0 Å². The van der Waals surface area contributed by atoms with Gasteiger partial charge in [-0.2, -0.15) is 0 Å². The Kier molecular flexibility index (Phi) is 7.50. The molecule has 0 amide bonds. The molecule has 0 nitrogen and oxygen atoms in total. The van der Waals surface area contributed by atoms with Crippen molar-refractivity contribution in [1.82, 2.24) is 0 Å². The Morgan fingerprint density at radius 1 is 0.583 bits per heavy atom. The zero-order valence-corrected chi connectivity index (χ0v) is 31.1. The fourth-order valence-corrected chi connectivity index (χ4v) is 26.9. The predicted molar refractivity (Wildman–Crippen MR) is 195 cm³/mol. The molecule has 0 aliphatic heterocycles. The molecule has 0 N–H and O–H groups in total.